The number of carbonyl (C=O) groups excluding carboxylic acids is 1. The van der Waals surface area contributed by atoms with Gasteiger partial charge in [-0.1, -0.05) is 13.8 Å². The van der Waals surface area contributed by atoms with Crippen LogP contribution >= 0.6 is 0 Å². The van der Waals surface area contributed by atoms with Crippen molar-refractivity contribution in [2.75, 3.05) is 6.61 Å². The van der Waals surface area contributed by atoms with Crippen LogP contribution in [0.3, 0.4) is 0 Å². The van der Waals surface area contributed by atoms with Crippen LogP contribution in [0.15, 0.2) is 18.3 Å². The summed E-state index contributed by atoms with van der Waals surface area (Å²) in [6, 6.07) is 3.26. The van der Waals surface area contributed by atoms with Gasteiger partial charge < -0.3 is 10.8 Å². The molecule has 0 aliphatic rings. The minimum absolute atomic E-state index is 0.0791. The second kappa shape index (κ2) is 3.75. The average molecular weight is 194 g/mol. The molecular formula is C10H14N2O2. The molecule has 0 aromatic carbocycles. The Morgan fingerprint density at radius 3 is 2.79 bits per heavy atom. The average Bonchev–Trinajstić information content (AvgIpc) is 2.18. The van der Waals surface area contributed by atoms with Crippen LogP contribution in [0.1, 0.15) is 29.9 Å². The molecule has 1 aromatic rings. The van der Waals surface area contributed by atoms with Gasteiger partial charge in [-0.05, 0) is 12.1 Å². The van der Waals surface area contributed by atoms with Crippen molar-refractivity contribution >= 4 is 5.91 Å². The lowest BCUT2D eigenvalue weighted by Gasteiger charge is -2.22. The summed E-state index contributed by atoms with van der Waals surface area (Å²) >= 11 is 0. The van der Waals surface area contributed by atoms with Crippen LogP contribution in [-0.4, -0.2) is 22.6 Å². The highest BCUT2D eigenvalue weighted by molar-refractivity contribution is 5.94. The molecule has 0 saturated carbocycles. The highest BCUT2D eigenvalue weighted by Gasteiger charge is 2.25. The number of aromatic nitrogens is 1. The SMILES string of the molecule is CC(C)(CO)c1ncccc1C(N)=O. The zero-order valence-electron chi connectivity index (χ0n) is 8.32. The third kappa shape index (κ3) is 1.90. The van der Waals surface area contributed by atoms with Gasteiger partial charge in [0.05, 0.1) is 17.9 Å². The molecule has 1 rings (SSSR count). The fraction of sp³-hybridized carbons (Fsp3) is 0.400. The smallest absolute Gasteiger partial charge is 0.250 e. The van der Waals surface area contributed by atoms with Gasteiger partial charge in [-0.3, -0.25) is 9.78 Å². The van der Waals surface area contributed by atoms with Crippen molar-refractivity contribution in [1.82, 2.24) is 4.98 Å². The molecule has 3 N–H and O–H groups in total. The predicted octanol–water partition coefficient (Wildman–Crippen LogP) is 0.450. The van der Waals surface area contributed by atoms with Crippen LogP contribution < -0.4 is 5.73 Å². The standard InChI is InChI=1S/C10H14N2O2/c1-10(2,6-13)8-7(9(11)14)4-3-5-12-8/h3-5,13H,6H2,1-2H3,(H2,11,14). The lowest BCUT2D eigenvalue weighted by Crippen LogP contribution is -2.28. The molecule has 0 radical (unpaired) electrons. The summed E-state index contributed by atoms with van der Waals surface area (Å²) in [6.07, 6.45) is 1.58. The van der Waals surface area contributed by atoms with Crippen molar-refractivity contribution in [3.05, 3.63) is 29.6 Å². The molecule has 0 bridgehead atoms. The number of hydrogen-bond donors (Lipinski definition) is 2. The lowest BCUT2D eigenvalue weighted by molar-refractivity contribution is 0.0996. The van der Waals surface area contributed by atoms with E-state index in [-0.39, 0.29) is 6.61 Å². The second-order valence-electron chi connectivity index (χ2n) is 3.81. The van der Waals surface area contributed by atoms with E-state index < -0.39 is 11.3 Å². The van der Waals surface area contributed by atoms with Crippen molar-refractivity contribution in [2.24, 2.45) is 5.73 Å². The van der Waals surface area contributed by atoms with E-state index in [2.05, 4.69) is 4.98 Å². The van der Waals surface area contributed by atoms with Crippen LogP contribution in [0.2, 0.25) is 0 Å². The van der Waals surface area contributed by atoms with Crippen LogP contribution in [-0.2, 0) is 5.41 Å². The van der Waals surface area contributed by atoms with E-state index in [0.717, 1.165) is 0 Å². The Balaban J connectivity index is 3.27. The third-order valence-electron chi connectivity index (χ3n) is 2.11. The third-order valence-corrected chi connectivity index (χ3v) is 2.11. The number of aliphatic hydroxyl groups excluding tert-OH is 1. The Morgan fingerprint density at radius 2 is 2.29 bits per heavy atom. The molecule has 0 saturated heterocycles. The number of primary amides is 1. The summed E-state index contributed by atoms with van der Waals surface area (Å²) in [5, 5.41) is 9.16. The monoisotopic (exact) mass is 194 g/mol. The summed E-state index contributed by atoms with van der Waals surface area (Å²) in [7, 11) is 0. The largest absolute Gasteiger partial charge is 0.395 e. The molecule has 0 atom stereocenters. The van der Waals surface area contributed by atoms with E-state index in [1.54, 1.807) is 18.3 Å². The Bertz CT molecular complexity index is 348. The van der Waals surface area contributed by atoms with Gasteiger partial charge in [0.15, 0.2) is 0 Å². The van der Waals surface area contributed by atoms with Gasteiger partial charge in [-0.25, -0.2) is 0 Å². The molecule has 4 nitrogen and oxygen atoms in total. The van der Waals surface area contributed by atoms with Crippen LogP contribution in [0, 0.1) is 0 Å². The second-order valence-corrected chi connectivity index (χ2v) is 3.81. The topological polar surface area (TPSA) is 76.2 Å². The van der Waals surface area contributed by atoms with E-state index in [9.17, 15) is 4.79 Å². The molecule has 0 fully saturated rings. The van der Waals surface area contributed by atoms with Crippen LogP contribution in [0.25, 0.3) is 0 Å². The van der Waals surface area contributed by atoms with Crippen molar-refractivity contribution in [3.63, 3.8) is 0 Å². The first-order chi connectivity index (χ1) is 6.49. The van der Waals surface area contributed by atoms with Gasteiger partial charge in [-0.15, -0.1) is 0 Å². The number of aliphatic hydroxyl groups is 1. The summed E-state index contributed by atoms with van der Waals surface area (Å²) in [5.74, 6) is -0.519. The number of rotatable bonds is 3. The summed E-state index contributed by atoms with van der Waals surface area (Å²) in [6.45, 7) is 3.54. The van der Waals surface area contributed by atoms with Crippen LogP contribution in [0.4, 0.5) is 0 Å². The Morgan fingerprint density at radius 1 is 1.64 bits per heavy atom. The van der Waals surface area contributed by atoms with Gasteiger partial charge in [0.2, 0.25) is 0 Å². The van der Waals surface area contributed by atoms with Gasteiger partial charge in [-0.2, -0.15) is 0 Å². The summed E-state index contributed by atoms with van der Waals surface area (Å²) in [5.41, 5.74) is 5.56. The zero-order chi connectivity index (χ0) is 10.8. The lowest BCUT2D eigenvalue weighted by atomic mass is 9.87. The van der Waals surface area contributed by atoms with Gasteiger partial charge in [0.25, 0.3) is 5.91 Å². The Hall–Kier alpha value is -1.42. The highest BCUT2D eigenvalue weighted by atomic mass is 16.3. The van der Waals surface area contributed by atoms with E-state index in [4.69, 9.17) is 10.8 Å². The molecule has 0 aliphatic heterocycles. The Kier molecular flexibility index (Phi) is 2.86. The minimum atomic E-state index is -0.550. The van der Waals surface area contributed by atoms with Gasteiger partial charge >= 0.3 is 0 Å². The van der Waals surface area contributed by atoms with Crippen molar-refractivity contribution < 1.29 is 9.90 Å². The summed E-state index contributed by atoms with van der Waals surface area (Å²) in [4.78, 5) is 15.2. The molecule has 1 aromatic heterocycles. The molecule has 14 heavy (non-hydrogen) atoms. The van der Waals surface area contributed by atoms with E-state index in [1.165, 1.54) is 0 Å². The molecule has 1 amide bonds. The summed E-state index contributed by atoms with van der Waals surface area (Å²) < 4.78 is 0. The fourth-order valence-corrected chi connectivity index (χ4v) is 1.22. The van der Waals surface area contributed by atoms with Crippen molar-refractivity contribution in [3.8, 4) is 0 Å². The van der Waals surface area contributed by atoms with Gasteiger partial charge in [0.1, 0.15) is 0 Å². The molecule has 0 spiro atoms. The predicted molar refractivity (Wildman–Crippen MR) is 52.9 cm³/mol. The number of nitrogens with two attached hydrogens (primary N) is 1. The molecule has 1 heterocycles. The van der Waals surface area contributed by atoms with Gasteiger partial charge in [0, 0.05) is 11.6 Å². The van der Waals surface area contributed by atoms with E-state index >= 15 is 0 Å². The quantitative estimate of drug-likeness (QED) is 0.733. The maximum absolute atomic E-state index is 11.1. The number of amides is 1. The first kappa shape index (κ1) is 10.7. The maximum atomic E-state index is 11.1. The molecule has 4 heteroatoms. The number of carbonyl (C=O) groups is 1. The molecule has 76 valence electrons. The normalized spacial score (nSPS) is 11.4. The van der Waals surface area contributed by atoms with Crippen LogP contribution in [0.5, 0.6) is 0 Å². The van der Waals surface area contributed by atoms with E-state index in [0.29, 0.717) is 11.3 Å². The Labute approximate surface area is 82.8 Å². The molecule has 0 aliphatic carbocycles. The first-order valence-corrected chi connectivity index (χ1v) is 4.35. The number of pyridine rings is 1. The highest BCUT2D eigenvalue weighted by Crippen LogP contribution is 2.23. The number of hydrogen-bond acceptors (Lipinski definition) is 3. The molecular weight excluding hydrogens is 180 g/mol. The van der Waals surface area contributed by atoms with E-state index in [1.807, 2.05) is 13.8 Å². The first-order valence-electron chi connectivity index (χ1n) is 4.35. The zero-order valence-corrected chi connectivity index (χ0v) is 8.32. The minimum Gasteiger partial charge on any atom is -0.395 e. The van der Waals surface area contributed by atoms with Crippen molar-refractivity contribution in [1.29, 1.82) is 0 Å². The number of nitrogens with zero attached hydrogens (tertiary/aromatic N) is 1. The maximum Gasteiger partial charge on any atom is 0.250 e. The fourth-order valence-electron chi connectivity index (χ4n) is 1.22. The molecule has 0 unspecified atom stereocenters. The van der Waals surface area contributed by atoms with Crippen molar-refractivity contribution in [2.45, 2.75) is 19.3 Å².